The molecular weight excluding hydrogens is 166 g/mol. The predicted molar refractivity (Wildman–Crippen MR) is 53.8 cm³/mol. The van der Waals surface area contributed by atoms with Crippen molar-refractivity contribution in [3.63, 3.8) is 0 Å². The van der Waals surface area contributed by atoms with Crippen LogP contribution in [0, 0.1) is 0 Å². The molecule has 3 heteroatoms. The van der Waals surface area contributed by atoms with E-state index in [4.69, 9.17) is 5.11 Å². The minimum Gasteiger partial charge on any atom is -0.480 e. The van der Waals surface area contributed by atoms with E-state index in [9.17, 15) is 4.79 Å². The van der Waals surface area contributed by atoms with E-state index >= 15 is 0 Å². The van der Waals surface area contributed by atoms with Gasteiger partial charge in [-0.05, 0) is 19.8 Å². The lowest BCUT2D eigenvalue weighted by Crippen LogP contribution is -2.41. The number of rotatable bonds is 7. The van der Waals surface area contributed by atoms with E-state index in [2.05, 4.69) is 19.2 Å². The first-order valence-corrected chi connectivity index (χ1v) is 5.10. The zero-order valence-corrected chi connectivity index (χ0v) is 8.84. The van der Waals surface area contributed by atoms with Gasteiger partial charge in [-0.25, -0.2) is 0 Å². The second kappa shape index (κ2) is 6.89. The average molecular weight is 187 g/mol. The highest BCUT2D eigenvalue weighted by Crippen LogP contribution is 2.03. The van der Waals surface area contributed by atoms with E-state index in [-0.39, 0.29) is 12.1 Å². The first-order valence-electron chi connectivity index (χ1n) is 5.10. The maximum Gasteiger partial charge on any atom is 0.320 e. The van der Waals surface area contributed by atoms with Gasteiger partial charge in [-0.1, -0.05) is 26.7 Å². The van der Waals surface area contributed by atoms with Crippen molar-refractivity contribution < 1.29 is 9.90 Å². The van der Waals surface area contributed by atoms with Crippen LogP contribution in [0.1, 0.15) is 46.5 Å². The molecule has 0 amide bonds. The Hall–Kier alpha value is -0.570. The lowest BCUT2D eigenvalue weighted by atomic mass is 10.1. The molecule has 0 aromatic heterocycles. The summed E-state index contributed by atoms with van der Waals surface area (Å²) in [6, 6.07) is -0.0761. The Balaban J connectivity index is 3.87. The third kappa shape index (κ3) is 5.64. The Kier molecular flexibility index (Phi) is 6.59. The van der Waals surface area contributed by atoms with Crippen LogP contribution in [0.4, 0.5) is 0 Å². The first kappa shape index (κ1) is 12.4. The van der Waals surface area contributed by atoms with E-state index in [0.29, 0.717) is 0 Å². The van der Waals surface area contributed by atoms with Gasteiger partial charge in [-0.15, -0.1) is 0 Å². The van der Waals surface area contributed by atoms with Crippen LogP contribution in [0.5, 0.6) is 0 Å². The van der Waals surface area contributed by atoms with Crippen LogP contribution in [-0.4, -0.2) is 23.2 Å². The van der Waals surface area contributed by atoms with E-state index in [1.807, 2.05) is 6.92 Å². The molecule has 0 heterocycles. The van der Waals surface area contributed by atoms with Crippen molar-refractivity contribution in [2.75, 3.05) is 0 Å². The quantitative estimate of drug-likeness (QED) is 0.641. The van der Waals surface area contributed by atoms with Gasteiger partial charge in [0, 0.05) is 6.04 Å². The Labute approximate surface area is 80.5 Å². The van der Waals surface area contributed by atoms with Crippen LogP contribution in [0.3, 0.4) is 0 Å². The molecule has 0 saturated heterocycles. The van der Waals surface area contributed by atoms with Gasteiger partial charge in [0.05, 0.1) is 0 Å². The average Bonchev–Trinajstić information content (AvgIpc) is 2.11. The smallest absolute Gasteiger partial charge is 0.320 e. The molecule has 0 radical (unpaired) electrons. The third-order valence-electron chi connectivity index (χ3n) is 2.24. The standard InChI is InChI=1S/C10H21NO2/c1-4-6-7-9(10(12)13)11-8(3)5-2/h8-9,11H,4-7H2,1-3H3,(H,12,13)/t8?,9-/m0/s1. The number of carbonyl (C=O) groups is 1. The van der Waals surface area contributed by atoms with Gasteiger partial charge < -0.3 is 10.4 Å². The van der Waals surface area contributed by atoms with E-state index < -0.39 is 5.97 Å². The Morgan fingerprint density at radius 1 is 1.46 bits per heavy atom. The van der Waals surface area contributed by atoms with Gasteiger partial charge >= 0.3 is 5.97 Å². The van der Waals surface area contributed by atoms with Crippen molar-refractivity contribution in [3.8, 4) is 0 Å². The minimum absolute atomic E-state index is 0.290. The van der Waals surface area contributed by atoms with E-state index in [1.165, 1.54) is 0 Å². The summed E-state index contributed by atoms with van der Waals surface area (Å²) in [7, 11) is 0. The highest BCUT2D eigenvalue weighted by molar-refractivity contribution is 5.73. The zero-order chi connectivity index (χ0) is 10.3. The minimum atomic E-state index is -0.728. The first-order chi connectivity index (χ1) is 6.11. The molecule has 3 nitrogen and oxygen atoms in total. The third-order valence-corrected chi connectivity index (χ3v) is 2.24. The lowest BCUT2D eigenvalue weighted by Gasteiger charge is -2.18. The Morgan fingerprint density at radius 3 is 2.46 bits per heavy atom. The van der Waals surface area contributed by atoms with Crippen LogP contribution < -0.4 is 5.32 Å². The van der Waals surface area contributed by atoms with Crippen LogP contribution in [-0.2, 0) is 4.79 Å². The summed E-state index contributed by atoms with van der Waals surface area (Å²) in [6.07, 6.45) is 3.72. The molecule has 0 bridgehead atoms. The molecule has 0 rings (SSSR count). The summed E-state index contributed by atoms with van der Waals surface area (Å²) in [5.74, 6) is -0.728. The fourth-order valence-corrected chi connectivity index (χ4v) is 1.15. The summed E-state index contributed by atoms with van der Waals surface area (Å²) < 4.78 is 0. The fraction of sp³-hybridized carbons (Fsp3) is 0.900. The fourth-order valence-electron chi connectivity index (χ4n) is 1.15. The molecule has 78 valence electrons. The highest BCUT2D eigenvalue weighted by Gasteiger charge is 2.17. The lowest BCUT2D eigenvalue weighted by molar-refractivity contribution is -0.139. The number of hydrogen-bond donors (Lipinski definition) is 2. The molecule has 0 aliphatic carbocycles. The summed E-state index contributed by atoms with van der Waals surface area (Å²) in [5.41, 5.74) is 0. The normalized spacial score (nSPS) is 15.3. The second-order valence-corrected chi connectivity index (χ2v) is 3.51. The van der Waals surface area contributed by atoms with Gasteiger partial charge in [0.1, 0.15) is 6.04 Å². The van der Waals surface area contributed by atoms with Crippen molar-refractivity contribution in [2.24, 2.45) is 0 Å². The van der Waals surface area contributed by atoms with E-state index in [0.717, 1.165) is 25.7 Å². The molecule has 0 aromatic carbocycles. The topological polar surface area (TPSA) is 49.3 Å². The van der Waals surface area contributed by atoms with Crippen molar-refractivity contribution in [2.45, 2.75) is 58.5 Å². The molecule has 0 spiro atoms. The van der Waals surface area contributed by atoms with Gasteiger partial charge in [-0.2, -0.15) is 0 Å². The number of hydrogen-bond acceptors (Lipinski definition) is 2. The van der Waals surface area contributed by atoms with Crippen molar-refractivity contribution in [3.05, 3.63) is 0 Å². The van der Waals surface area contributed by atoms with Crippen LogP contribution >= 0.6 is 0 Å². The molecule has 0 aliphatic rings. The van der Waals surface area contributed by atoms with Crippen LogP contribution in [0.25, 0.3) is 0 Å². The Bertz CT molecular complexity index is 148. The van der Waals surface area contributed by atoms with Crippen LogP contribution in [0.2, 0.25) is 0 Å². The van der Waals surface area contributed by atoms with Crippen molar-refractivity contribution in [1.82, 2.24) is 5.32 Å². The van der Waals surface area contributed by atoms with Crippen LogP contribution in [0.15, 0.2) is 0 Å². The Morgan fingerprint density at radius 2 is 2.08 bits per heavy atom. The SMILES string of the molecule is CCCC[C@H](NC(C)CC)C(=O)O. The van der Waals surface area contributed by atoms with Crippen molar-refractivity contribution >= 4 is 5.97 Å². The monoisotopic (exact) mass is 187 g/mol. The molecule has 0 aliphatic heterocycles. The van der Waals surface area contributed by atoms with Crippen molar-refractivity contribution in [1.29, 1.82) is 0 Å². The maximum absolute atomic E-state index is 10.8. The molecule has 1 unspecified atom stereocenters. The van der Waals surface area contributed by atoms with Gasteiger partial charge in [-0.3, -0.25) is 4.79 Å². The number of carboxylic acid groups (broad SMARTS) is 1. The highest BCUT2D eigenvalue weighted by atomic mass is 16.4. The number of carboxylic acids is 1. The summed E-state index contributed by atoms with van der Waals surface area (Å²) in [6.45, 7) is 6.14. The molecule has 2 N–H and O–H groups in total. The summed E-state index contributed by atoms with van der Waals surface area (Å²) >= 11 is 0. The van der Waals surface area contributed by atoms with Gasteiger partial charge in [0.15, 0.2) is 0 Å². The van der Waals surface area contributed by atoms with E-state index in [1.54, 1.807) is 0 Å². The second-order valence-electron chi connectivity index (χ2n) is 3.51. The number of unbranched alkanes of at least 4 members (excludes halogenated alkanes) is 1. The van der Waals surface area contributed by atoms with Gasteiger partial charge in [0.2, 0.25) is 0 Å². The maximum atomic E-state index is 10.8. The van der Waals surface area contributed by atoms with Gasteiger partial charge in [0.25, 0.3) is 0 Å². The predicted octanol–water partition coefficient (Wildman–Crippen LogP) is 2.02. The number of nitrogens with one attached hydrogen (secondary N) is 1. The molecule has 0 fully saturated rings. The molecule has 0 aromatic rings. The molecule has 2 atom stereocenters. The number of aliphatic carboxylic acids is 1. The molecule has 13 heavy (non-hydrogen) atoms. The molecule has 0 saturated carbocycles. The molecular formula is C10H21NO2. The summed E-state index contributed by atoms with van der Waals surface area (Å²) in [4.78, 5) is 10.8. The largest absolute Gasteiger partial charge is 0.480 e. The summed E-state index contributed by atoms with van der Waals surface area (Å²) in [5, 5.41) is 12.0. The zero-order valence-electron chi connectivity index (χ0n) is 8.84.